The average molecular weight is 1360 g/mol. The summed E-state index contributed by atoms with van der Waals surface area (Å²) in [7, 11) is 0. The third-order valence-corrected chi connectivity index (χ3v) is 20.9. The Bertz CT molecular complexity index is 4040. The van der Waals surface area contributed by atoms with Crippen LogP contribution in [0.4, 0.5) is 52.4 Å². The molecular weight excluding hydrogens is 1300 g/mol. The molecule has 15 rings (SSSR count). The maximum absolute atomic E-state index is 10.7. The lowest BCUT2D eigenvalue weighted by Gasteiger charge is -2.24. The molecule has 3 fully saturated rings. The maximum Gasteiger partial charge on any atom is 0.222 e. The largest absolute Gasteiger partial charge is 0.380 e. The highest BCUT2D eigenvalue weighted by molar-refractivity contribution is 7.10. The number of aliphatic hydroxyl groups is 3. The van der Waals surface area contributed by atoms with E-state index in [4.69, 9.17) is 66.2 Å². The predicted octanol–water partition coefficient (Wildman–Crippen LogP) is 9.71. The first-order valence-corrected chi connectivity index (χ1v) is 33.2. The van der Waals surface area contributed by atoms with Crippen molar-refractivity contribution in [2.75, 3.05) is 91.2 Å². The standard InChI is InChI=1S/3C22H20ClN5O2S/c3*1-21(29,19-25-7-9-31-19)5-4-14-2-3-15-17(10-14)28(12-22(15)6-8-30-13-22)18-16(23)11-26-20(24)27-18/h3*2-3,7,9-11,29H,6,8,12-13H2,1H3,(H2,24,26,27)/t21?,22-;21-,22+;21-,22-/m101/s1. The summed E-state index contributed by atoms with van der Waals surface area (Å²) in [6.07, 6.45) is 12.3. The highest BCUT2D eigenvalue weighted by Gasteiger charge is 2.50. The fraction of sp³-hybridized carbons (Fsp3) is 0.318. The number of ether oxygens (including phenoxy) is 3. The van der Waals surface area contributed by atoms with Crippen LogP contribution in [0.1, 0.15) is 88.4 Å². The minimum Gasteiger partial charge on any atom is -0.380 e. The number of hydrogen-bond donors (Lipinski definition) is 6. The summed E-state index contributed by atoms with van der Waals surface area (Å²) < 4.78 is 17.3. The van der Waals surface area contributed by atoms with Crippen molar-refractivity contribution >= 4 is 121 Å². The van der Waals surface area contributed by atoms with E-state index in [9.17, 15) is 15.3 Å². The minimum atomic E-state index is -1.32. The molecule has 0 radical (unpaired) electrons. The molecule has 6 aliphatic rings. The van der Waals surface area contributed by atoms with E-state index >= 15 is 0 Å². The zero-order valence-electron chi connectivity index (χ0n) is 50.4. The first kappa shape index (κ1) is 63.6. The molecule has 9 N–H and O–H groups in total. The van der Waals surface area contributed by atoms with Crippen molar-refractivity contribution in [3.63, 3.8) is 0 Å². The Morgan fingerprint density at radius 2 is 0.753 bits per heavy atom. The fourth-order valence-corrected chi connectivity index (χ4v) is 15.0. The Hall–Kier alpha value is -8.10. The molecule has 0 amide bonds. The Balaban J connectivity index is 0.000000127. The number of anilines is 9. The summed E-state index contributed by atoms with van der Waals surface area (Å²) in [6, 6.07) is 18.2. The van der Waals surface area contributed by atoms with E-state index < -0.39 is 16.8 Å². The SMILES string of the molecule is CC(O)(C#Cc1ccc2c(c1)N(c1nc(N)ncc1Cl)C[C@@]21CCOC1)c1nccs1.C[C@@](O)(C#Cc1ccc2c(c1)N(c1nc(N)ncc1Cl)C[C@@]21CCOC1)c1nccs1.C[C@](O)(C#Cc1ccc2c(c1)N(c1nc(N)ncc1Cl)C[C@@]21CCOC1)c1nccs1. The van der Waals surface area contributed by atoms with Crippen molar-refractivity contribution in [2.45, 2.75) is 73.1 Å². The third-order valence-electron chi connectivity index (χ3n) is 17.2. The van der Waals surface area contributed by atoms with Crippen molar-refractivity contribution in [3.05, 3.63) is 171 Å². The van der Waals surface area contributed by atoms with E-state index in [0.717, 1.165) is 53.0 Å². The third kappa shape index (κ3) is 12.7. The molecule has 12 heterocycles. The lowest BCUT2D eigenvalue weighted by Crippen LogP contribution is -2.32. The molecule has 93 heavy (non-hydrogen) atoms. The molecule has 21 nitrogen and oxygen atoms in total. The van der Waals surface area contributed by atoms with Gasteiger partial charge in [-0.1, -0.05) is 88.5 Å². The van der Waals surface area contributed by atoms with E-state index in [1.54, 1.807) is 39.4 Å². The van der Waals surface area contributed by atoms with Crippen molar-refractivity contribution in [3.8, 4) is 35.5 Å². The molecule has 0 saturated carbocycles. The van der Waals surface area contributed by atoms with Crippen LogP contribution in [0.3, 0.4) is 0 Å². The molecule has 3 spiro atoms. The quantitative estimate of drug-likeness (QED) is 0.0844. The molecule has 6 aromatic heterocycles. The number of thiazole rings is 3. The Morgan fingerprint density at radius 3 is 1.00 bits per heavy atom. The highest BCUT2D eigenvalue weighted by Crippen LogP contribution is 2.53. The van der Waals surface area contributed by atoms with Gasteiger partial charge in [0.2, 0.25) is 17.8 Å². The van der Waals surface area contributed by atoms with E-state index in [-0.39, 0.29) is 34.1 Å². The van der Waals surface area contributed by atoms with Gasteiger partial charge in [0.25, 0.3) is 0 Å². The summed E-state index contributed by atoms with van der Waals surface area (Å²) in [5.74, 6) is 20.3. The zero-order valence-corrected chi connectivity index (χ0v) is 55.1. The first-order chi connectivity index (χ1) is 44.6. The molecule has 1 unspecified atom stereocenters. The van der Waals surface area contributed by atoms with Gasteiger partial charge in [-0.3, -0.25) is 0 Å². The molecule has 3 saturated heterocycles. The van der Waals surface area contributed by atoms with Gasteiger partial charge >= 0.3 is 0 Å². The predicted molar refractivity (Wildman–Crippen MR) is 362 cm³/mol. The molecule has 0 bridgehead atoms. The van der Waals surface area contributed by atoms with Gasteiger partial charge in [0.1, 0.15) is 30.1 Å². The van der Waals surface area contributed by atoms with Crippen molar-refractivity contribution in [2.24, 2.45) is 0 Å². The molecule has 27 heteroatoms. The van der Waals surface area contributed by atoms with Crippen molar-refractivity contribution in [1.82, 2.24) is 44.9 Å². The summed E-state index contributed by atoms with van der Waals surface area (Å²) in [5, 5.41) is 40.5. The van der Waals surface area contributed by atoms with Gasteiger partial charge in [-0.15, -0.1) is 34.0 Å². The summed E-state index contributed by atoms with van der Waals surface area (Å²) in [6.45, 7) is 11.0. The number of nitrogens with zero attached hydrogens (tertiary/aromatic N) is 12. The van der Waals surface area contributed by atoms with Gasteiger partial charge in [-0.2, -0.15) is 15.0 Å². The molecule has 0 aliphatic carbocycles. The first-order valence-electron chi connectivity index (χ1n) is 29.4. The minimum absolute atomic E-state index is 0.128. The van der Waals surface area contributed by atoms with Gasteiger partial charge in [-0.25, -0.2) is 29.9 Å². The van der Waals surface area contributed by atoms with Crippen LogP contribution >= 0.6 is 68.8 Å². The average Bonchev–Trinajstić information content (AvgIpc) is 1.60. The van der Waals surface area contributed by atoms with Gasteiger partial charge < -0.3 is 61.4 Å². The summed E-state index contributed by atoms with van der Waals surface area (Å²) in [5.41, 5.74) is 21.9. The van der Waals surface area contributed by atoms with E-state index in [2.05, 4.69) is 113 Å². The van der Waals surface area contributed by atoms with Gasteiger partial charge in [0.15, 0.2) is 34.3 Å². The van der Waals surface area contributed by atoms with Crippen LogP contribution in [-0.2, 0) is 47.3 Å². The Labute approximate surface area is 563 Å². The second-order valence-corrected chi connectivity index (χ2v) is 27.8. The monoisotopic (exact) mass is 1360 g/mol. The lowest BCUT2D eigenvalue weighted by atomic mass is 9.81. The van der Waals surface area contributed by atoms with E-state index in [1.165, 1.54) is 69.3 Å². The maximum atomic E-state index is 10.7. The molecular formula is C66H60Cl3N15O6S3. The van der Waals surface area contributed by atoms with Crippen LogP contribution in [0.15, 0.2) is 108 Å². The second kappa shape index (κ2) is 25.3. The zero-order chi connectivity index (χ0) is 64.9. The van der Waals surface area contributed by atoms with Gasteiger partial charge in [0, 0.05) is 124 Å². The molecule has 6 aliphatic heterocycles. The van der Waals surface area contributed by atoms with Gasteiger partial charge in [-0.05, 0) is 93.1 Å². The number of halogens is 3. The van der Waals surface area contributed by atoms with Crippen LogP contribution < -0.4 is 31.9 Å². The van der Waals surface area contributed by atoms with Crippen molar-refractivity contribution in [1.29, 1.82) is 0 Å². The van der Waals surface area contributed by atoms with Crippen LogP contribution in [0.2, 0.25) is 15.1 Å². The molecule has 9 aromatic rings. The number of nitrogens with two attached hydrogens (primary N) is 3. The number of aromatic nitrogens is 9. The summed E-state index contributed by atoms with van der Waals surface area (Å²) in [4.78, 5) is 43.9. The lowest BCUT2D eigenvalue weighted by molar-refractivity contribution is 0.121. The normalized spacial score (nSPS) is 21.6. The smallest absolute Gasteiger partial charge is 0.222 e. The van der Waals surface area contributed by atoms with Crippen LogP contribution in [0.25, 0.3) is 0 Å². The van der Waals surface area contributed by atoms with Gasteiger partial charge in [0.05, 0.1) is 38.4 Å². The number of hydrogen-bond acceptors (Lipinski definition) is 24. The molecule has 6 atom stereocenters. The number of nitrogen functional groups attached to an aromatic ring is 3. The molecule has 474 valence electrons. The highest BCUT2D eigenvalue weighted by atomic mass is 35.5. The summed E-state index contributed by atoms with van der Waals surface area (Å²) >= 11 is 23.4. The second-order valence-electron chi connectivity index (χ2n) is 23.9. The van der Waals surface area contributed by atoms with Crippen LogP contribution in [0, 0.1) is 35.5 Å². The topological polar surface area (TPSA) is 292 Å². The molecule has 3 aromatic carbocycles. The van der Waals surface area contributed by atoms with Crippen LogP contribution in [-0.4, -0.2) is 119 Å². The Kier molecular flexibility index (Phi) is 17.3. The van der Waals surface area contributed by atoms with E-state index in [1.807, 2.05) is 52.5 Å². The number of rotatable bonds is 6. The number of benzene rings is 3. The number of fused-ring (bicyclic) bond motifs is 6. The van der Waals surface area contributed by atoms with Crippen LogP contribution in [0.5, 0.6) is 0 Å². The Morgan fingerprint density at radius 1 is 0.462 bits per heavy atom. The van der Waals surface area contributed by atoms with Crippen molar-refractivity contribution < 1.29 is 29.5 Å². The fourth-order valence-electron chi connectivity index (χ4n) is 12.5. The van der Waals surface area contributed by atoms with E-state index in [0.29, 0.717) is 107 Å².